The minimum atomic E-state index is -4.45. The molecule has 3 aromatic rings. The average molecular weight is 377 g/mol. The van der Waals surface area contributed by atoms with Gasteiger partial charge in [0, 0.05) is 22.7 Å². The molecule has 0 saturated heterocycles. The summed E-state index contributed by atoms with van der Waals surface area (Å²) in [5, 5.41) is 3.67. The van der Waals surface area contributed by atoms with E-state index in [4.69, 9.17) is 11.6 Å². The third-order valence-electron chi connectivity index (χ3n) is 3.63. The van der Waals surface area contributed by atoms with Crippen LogP contribution in [0.25, 0.3) is 17.0 Å². The smallest absolute Gasteiger partial charge is 0.322 e. The highest BCUT2D eigenvalue weighted by atomic mass is 35.5. The molecule has 26 heavy (non-hydrogen) atoms. The van der Waals surface area contributed by atoms with Crippen LogP contribution in [0.4, 0.5) is 18.9 Å². The van der Waals surface area contributed by atoms with Crippen molar-refractivity contribution in [2.75, 3.05) is 5.32 Å². The molecule has 0 aliphatic rings. The predicted octanol–water partition coefficient (Wildman–Crippen LogP) is 5.56. The molecule has 0 saturated carbocycles. The van der Waals surface area contributed by atoms with Crippen LogP contribution in [0.2, 0.25) is 5.02 Å². The molecule has 0 unspecified atom stereocenters. The maximum absolute atomic E-state index is 12.8. The van der Waals surface area contributed by atoms with Crippen molar-refractivity contribution in [1.82, 2.24) is 4.98 Å². The Labute approximate surface area is 152 Å². The Kier molecular flexibility index (Phi) is 4.95. The Morgan fingerprint density at radius 1 is 1.08 bits per heavy atom. The van der Waals surface area contributed by atoms with Gasteiger partial charge in [0.2, 0.25) is 5.91 Å². The molecular formula is C19H12ClF3N2O. The van der Waals surface area contributed by atoms with E-state index < -0.39 is 17.6 Å². The standard InChI is InChI=1S/C19H12ClF3N2O/c20-14-5-1-12(2-6-14)3-8-18(26)25-16-9-10-24-17-11-13(19(21,22)23)4-7-15(16)17/h1-11H,(H,24,25,26)/b8-3+. The molecule has 132 valence electrons. The lowest BCUT2D eigenvalue weighted by atomic mass is 10.1. The number of rotatable bonds is 3. The van der Waals surface area contributed by atoms with Gasteiger partial charge in [0.05, 0.1) is 16.8 Å². The first-order valence-electron chi connectivity index (χ1n) is 7.53. The van der Waals surface area contributed by atoms with Gasteiger partial charge < -0.3 is 5.32 Å². The van der Waals surface area contributed by atoms with Crippen LogP contribution < -0.4 is 5.32 Å². The molecule has 0 aliphatic carbocycles. The molecule has 1 heterocycles. The fourth-order valence-corrected chi connectivity index (χ4v) is 2.48. The number of nitrogens with zero attached hydrogens (tertiary/aromatic N) is 1. The number of carbonyl (C=O) groups is 1. The number of fused-ring (bicyclic) bond motifs is 1. The maximum atomic E-state index is 12.8. The van der Waals surface area contributed by atoms with Crippen molar-refractivity contribution >= 4 is 40.2 Å². The van der Waals surface area contributed by atoms with Gasteiger partial charge in [0.1, 0.15) is 0 Å². The Balaban J connectivity index is 1.82. The van der Waals surface area contributed by atoms with Crippen LogP contribution in [0.3, 0.4) is 0 Å². The van der Waals surface area contributed by atoms with Gasteiger partial charge in [-0.2, -0.15) is 13.2 Å². The Morgan fingerprint density at radius 2 is 1.81 bits per heavy atom. The fourth-order valence-electron chi connectivity index (χ4n) is 2.35. The SMILES string of the molecule is O=C(/C=C/c1ccc(Cl)cc1)Nc1ccnc2cc(C(F)(F)F)ccc12. The molecule has 0 atom stereocenters. The highest BCUT2D eigenvalue weighted by molar-refractivity contribution is 6.30. The fraction of sp³-hybridized carbons (Fsp3) is 0.0526. The molecule has 0 radical (unpaired) electrons. The number of aromatic nitrogens is 1. The van der Waals surface area contributed by atoms with Crippen LogP contribution in [-0.4, -0.2) is 10.9 Å². The van der Waals surface area contributed by atoms with E-state index in [9.17, 15) is 18.0 Å². The summed E-state index contributed by atoms with van der Waals surface area (Å²) in [5.41, 5.74) is 0.538. The summed E-state index contributed by atoms with van der Waals surface area (Å²) in [6.07, 6.45) is -0.159. The van der Waals surface area contributed by atoms with Crippen molar-refractivity contribution in [2.24, 2.45) is 0 Å². The zero-order valence-electron chi connectivity index (χ0n) is 13.2. The van der Waals surface area contributed by atoms with Crippen molar-refractivity contribution in [3.05, 3.63) is 77.0 Å². The molecular weight excluding hydrogens is 365 g/mol. The second-order valence-corrected chi connectivity index (χ2v) is 5.90. The Hall–Kier alpha value is -2.86. The average Bonchev–Trinajstić information content (AvgIpc) is 2.60. The summed E-state index contributed by atoms with van der Waals surface area (Å²) in [6.45, 7) is 0. The number of hydrogen-bond donors (Lipinski definition) is 1. The summed E-state index contributed by atoms with van der Waals surface area (Å²) in [5.74, 6) is -0.410. The molecule has 1 amide bonds. The molecule has 0 bridgehead atoms. The summed E-state index contributed by atoms with van der Waals surface area (Å²) in [6, 6.07) is 11.7. The zero-order chi connectivity index (χ0) is 18.7. The van der Waals surface area contributed by atoms with Crippen LogP contribution in [0.1, 0.15) is 11.1 Å². The molecule has 1 aromatic heterocycles. The van der Waals surface area contributed by atoms with Gasteiger partial charge in [-0.15, -0.1) is 0 Å². The Morgan fingerprint density at radius 3 is 2.50 bits per heavy atom. The van der Waals surface area contributed by atoms with Gasteiger partial charge in [-0.05, 0) is 42.0 Å². The van der Waals surface area contributed by atoms with Crippen LogP contribution in [0, 0.1) is 0 Å². The molecule has 0 fully saturated rings. The van der Waals surface area contributed by atoms with Gasteiger partial charge in [-0.3, -0.25) is 9.78 Å². The summed E-state index contributed by atoms with van der Waals surface area (Å²) in [4.78, 5) is 16.0. The summed E-state index contributed by atoms with van der Waals surface area (Å²) >= 11 is 5.80. The minimum Gasteiger partial charge on any atom is -0.322 e. The molecule has 0 aliphatic heterocycles. The van der Waals surface area contributed by atoms with Gasteiger partial charge in [0.15, 0.2) is 0 Å². The molecule has 0 spiro atoms. The molecule has 3 rings (SSSR count). The van der Waals surface area contributed by atoms with Crippen molar-refractivity contribution in [3.8, 4) is 0 Å². The quantitative estimate of drug-likeness (QED) is 0.608. The van der Waals surface area contributed by atoms with Gasteiger partial charge in [0.25, 0.3) is 0 Å². The van der Waals surface area contributed by atoms with Crippen LogP contribution in [-0.2, 0) is 11.0 Å². The number of anilines is 1. The number of hydrogen-bond acceptors (Lipinski definition) is 2. The van der Waals surface area contributed by atoms with E-state index in [1.165, 1.54) is 24.4 Å². The van der Waals surface area contributed by atoms with E-state index in [-0.39, 0.29) is 5.52 Å². The van der Waals surface area contributed by atoms with E-state index >= 15 is 0 Å². The number of nitrogens with one attached hydrogen (secondary N) is 1. The lowest BCUT2D eigenvalue weighted by molar-refractivity contribution is -0.137. The third kappa shape index (κ3) is 4.21. The number of pyridine rings is 1. The first kappa shape index (κ1) is 17.9. The van der Waals surface area contributed by atoms with Crippen LogP contribution in [0.15, 0.2) is 60.8 Å². The van der Waals surface area contributed by atoms with Gasteiger partial charge >= 0.3 is 6.18 Å². The molecule has 7 heteroatoms. The van der Waals surface area contributed by atoms with E-state index in [1.54, 1.807) is 30.3 Å². The third-order valence-corrected chi connectivity index (χ3v) is 3.88. The van der Waals surface area contributed by atoms with E-state index in [0.29, 0.717) is 16.1 Å². The minimum absolute atomic E-state index is 0.152. The number of halogens is 4. The number of amides is 1. The normalized spacial score (nSPS) is 11.8. The largest absolute Gasteiger partial charge is 0.416 e. The second-order valence-electron chi connectivity index (χ2n) is 5.46. The van der Waals surface area contributed by atoms with Crippen molar-refractivity contribution in [1.29, 1.82) is 0 Å². The Bertz CT molecular complexity index is 982. The van der Waals surface area contributed by atoms with E-state index in [0.717, 1.165) is 17.7 Å². The second kappa shape index (κ2) is 7.17. The first-order chi connectivity index (χ1) is 12.3. The number of alkyl halides is 3. The topological polar surface area (TPSA) is 42.0 Å². The summed E-state index contributed by atoms with van der Waals surface area (Å²) in [7, 11) is 0. The van der Waals surface area contributed by atoms with Gasteiger partial charge in [-0.25, -0.2) is 0 Å². The molecule has 2 aromatic carbocycles. The number of carbonyl (C=O) groups excluding carboxylic acids is 1. The lowest BCUT2D eigenvalue weighted by Gasteiger charge is -2.10. The van der Waals surface area contributed by atoms with Crippen LogP contribution >= 0.6 is 11.6 Å². The molecule has 3 nitrogen and oxygen atoms in total. The monoisotopic (exact) mass is 376 g/mol. The predicted molar refractivity (Wildman–Crippen MR) is 95.9 cm³/mol. The van der Waals surface area contributed by atoms with Crippen molar-refractivity contribution in [3.63, 3.8) is 0 Å². The van der Waals surface area contributed by atoms with Crippen LogP contribution in [0.5, 0.6) is 0 Å². The highest BCUT2D eigenvalue weighted by Crippen LogP contribution is 2.32. The molecule has 1 N–H and O–H groups in total. The van der Waals surface area contributed by atoms with Crippen molar-refractivity contribution < 1.29 is 18.0 Å². The maximum Gasteiger partial charge on any atom is 0.416 e. The van der Waals surface area contributed by atoms with Gasteiger partial charge in [-0.1, -0.05) is 29.8 Å². The number of benzene rings is 2. The van der Waals surface area contributed by atoms with E-state index in [1.807, 2.05) is 0 Å². The van der Waals surface area contributed by atoms with E-state index in [2.05, 4.69) is 10.3 Å². The lowest BCUT2D eigenvalue weighted by Crippen LogP contribution is -2.09. The zero-order valence-corrected chi connectivity index (χ0v) is 14.0. The summed E-state index contributed by atoms with van der Waals surface area (Å²) < 4.78 is 38.4. The van der Waals surface area contributed by atoms with Crippen molar-refractivity contribution in [2.45, 2.75) is 6.18 Å². The first-order valence-corrected chi connectivity index (χ1v) is 7.91. The highest BCUT2D eigenvalue weighted by Gasteiger charge is 2.30.